The van der Waals surface area contributed by atoms with Gasteiger partial charge in [0.2, 0.25) is 0 Å². The second kappa shape index (κ2) is 7.64. The number of pyridine rings is 1. The van der Waals surface area contributed by atoms with Crippen molar-refractivity contribution in [1.82, 2.24) is 4.98 Å². The summed E-state index contributed by atoms with van der Waals surface area (Å²) in [6, 6.07) is 8.88. The lowest BCUT2D eigenvalue weighted by Gasteiger charge is -2.06. The van der Waals surface area contributed by atoms with Gasteiger partial charge in [0, 0.05) is 11.9 Å². The van der Waals surface area contributed by atoms with Gasteiger partial charge in [-0.2, -0.15) is 0 Å². The summed E-state index contributed by atoms with van der Waals surface area (Å²) in [5, 5.41) is 9.56. The molecule has 0 fully saturated rings. The van der Waals surface area contributed by atoms with E-state index in [9.17, 15) is 9.18 Å². The molecule has 1 heterocycles. The first-order chi connectivity index (χ1) is 10.1. The molecule has 21 heavy (non-hydrogen) atoms. The number of hydrogen-bond acceptors (Lipinski definition) is 4. The summed E-state index contributed by atoms with van der Waals surface area (Å²) in [7, 11) is 0. The molecule has 0 atom stereocenters. The third kappa shape index (κ3) is 5.07. The highest BCUT2D eigenvalue weighted by Crippen LogP contribution is 2.18. The highest BCUT2D eigenvalue weighted by molar-refractivity contribution is 7.99. The Morgan fingerprint density at radius 2 is 2.05 bits per heavy atom. The van der Waals surface area contributed by atoms with Crippen molar-refractivity contribution in [3.63, 3.8) is 0 Å². The van der Waals surface area contributed by atoms with Gasteiger partial charge in [-0.25, -0.2) is 14.2 Å². The SMILES string of the molecule is O=C(O)c1ccnc(SCCCOc2ccc(F)cc2)c1. The number of aromatic carboxylic acids is 1. The topological polar surface area (TPSA) is 59.4 Å². The molecule has 0 unspecified atom stereocenters. The molecule has 4 nitrogen and oxygen atoms in total. The van der Waals surface area contributed by atoms with Crippen LogP contribution in [0.2, 0.25) is 0 Å². The van der Waals surface area contributed by atoms with Crippen molar-refractivity contribution in [3.8, 4) is 5.75 Å². The van der Waals surface area contributed by atoms with Crippen LogP contribution in [0.1, 0.15) is 16.8 Å². The highest BCUT2D eigenvalue weighted by atomic mass is 32.2. The Morgan fingerprint density at radius 3 is 2.76 bits per heavy atom. The van der Waals surface area contributed by atoms with E-state index in [0.717, 1.165) is 12.2 Å². The second-order valence-electron chi connectivity index (χ2n) is 4.19. The maximum Gasteiger partial charge on any atom is 0.335 e. The smallest absolute Gasteiger partial charge is 0.335 e. The fourth-order valence-corrected chi connectivity index (χ4v) is 2.39. The number of carbonyl (C=O) groups is 1. The maximum atomic E-state index is 12.7. The summed E-state index contributed by atoms with van der Waals surface area (Å²) in [5.74, 6) is 0.144. The van der Waals surface area contributed by atoms with Gasteiger partial charge in [-0.1, -0.05) is 0 Å². The van der Waals surface area contributed by atoms with Crippen molar-refractivity contribution < 1.29 is 19.0 Å². The number of hydrogen-bond donors (Lipinski definition) is 1. The number of nitrogens with zero attached hydrogens (tertiary/aromatic N) is 1. The van der Waals surface area contributed by atoms with Gasteiger partial charge in [-0.3, -0.25) is 0 Å². The Kier molecular flexibility index (Phi) is 5.57. The van der Waals surface area contributed by atoms with Gasteiger partial charge in [-0.05, 0) is 42.8 Å². The van der Waals surface area contributed by atoms with Crippen molar-refractivity contribution in [1.29, 1.82) is 0 Å². The molecule has 6 heteroatoms. The van der Waals surface area contributed by atoms with Gasteiger partial charge in [0.15, 0.2) is 0 Å². The minimum Gasteiger partial charge on any atom is -0.494 e. The van der Waals surface area contributed by atoms with Crippen molar-refractivity contribution in [2.45, 2.75) is 11.4 Å². The number of carboxylic acids is 1. The van der Waals surface area contributed by atoms with E-state index in [-0.39, 0.29) is 11.4 Å². The molecule has 0 bridgehead atoms. The van der Waals surface area contributed by atoms with E-state index in [1.54, 1.807) is 18.2 Å². The zero-order chi connectivity index (χ0) is 15.1. The lowest BCUT2D eigenvalue weighted by atomic mass is 10.3. The average molecular weight is 307 g/mol. The van der Waals surface area contributed by atoms with Crippen LogP contribution in [0.25, 0.3) is 0 Å². The largest absolute Gasteiger partial charge is 0.494 e. The summed E-state index contributed by atoms with van der Waals surface area (Å²) in [4.78, 5) is 14.9. The minimum absolute atomic E-state index is 0.232. The maximum absolute atomic E-state index is 12.7. The third-order valence-corrected chi connectivity index (χ3v) is 3.61. The molecule has 0 saturated heterocycles. The van der Waals surface area contributed by atoms with E-state index in [1.165, 1.54) is 36.2 Å². The van der Waals surface area contributed by atoms with E-state index in [0.29, 0.717) is 17.4 Å². The highest BCUT2D eigenvalue weighted by Gasteiger charge is 2.04. The zero-order valence-electron chi connectivity index (χ0n) is 11.2. The van der Waals surface area contributed by atoms with Crippen LogP contribution in [0.3, 0.4) is 0 Å². The van der Waals surface area contributed by atoms with E-state index in [1.807, 2.05) is 0 Å². The molecule has 0 spiro atoms. The van der Waals surface area contributed by atoms with Crippen LogP contribution in [0.5, 0.6) is 5.75 Å². The Hall–Kier alpha value is -2.08. The molecule has 1 aromatic heterocycles. The van der Waals surface area contributed by atoms with E-state index in [4.69, 9.17) is 9.84 Å². The summed E-state index contributed by atoms with van der Waals surface area (Å²) in [6.07, 6.45) is 2.27. The lowest BCUT2D eigenvalue weighted by Crippen LogP contribution is -2.00. The van der Waals surface area contributed by atoms with Gasteiger partial charge in [0.25, 0.3) is 0 Å². The molecule has 0 saturated carbocycles. The predicted octanol–water partition coefficient (Wildman–Crippen LogP) is 3.48. The van der Waals surface area contributed by atoms with E-state index in [2.05, 4.69) is 4.98 Å². The van der Waals surface area contributed by atoms with Crippen LogP contribution in [0.15, 0.2) is 47.6 Å². The molecule has 1 aromatic carbocycles. The average Bonchev–Trinajstić information content (AvgIpc) is 2.49. The molecule has 0 amide bonds. The number of rotatable bonds is 7. The number of ether oxygens (including phenoxy) is 1. The normalized spacial score (nSPS) is 10.3. The molecule has 0 aliphatic rings. The summed E-state index contributed by atoms with van der Waals surface area (Å²) in [5.41, 5.74) is 0.232. The molecule has 110 valence electrons. The number of carboxylic acid groups (broad SMARTS) is 1. The van der Waals surface area contributed by atoms with Crippen LogP contribution < -0.4 is 4.74 Å². The molecule has 0 aliphatic heterocycles. The first kappa shape index (κ1) is 15.3. The standard InChI is InChI=1S/C15H14FNO3S/c16-12-2-4-13(5-3-12)20-8-1-9-21-14-10-11(15(18)19)6-7-17-14/h2-7,10H,1,8-9H2,(H,18,19). The zero-order valence-corrected chi connectivity index (χ0v) is 12.0. The second-order valence-corrected chi connectivity index (χ2v) is 5.31. The molecule has 0 radical (unpaired) electrons. The van der Waals surface area contributed by atoms with Crippen LogP contribution in [0.4, 0.5) is 4.39 Å². The predicted molar refractivity (Wildman–Crippen MR) is 78.4 cm³/mol. The van der Waals surface area contributed by atoms with Gasteiger partial charge < -0.3 is 9.84 Å². The third-order valence-electron chi connectivity index (χ3n) is 2.60. The van der Waals surface area contributed by atoms with Crippen molar-refractivity contribution in [2.75, 3.05) is 12.4 Å². The van der Waals surface area contributed by atoms with Crippen molar-refractivity contribution in [3.05, 3.63) is 54.0 Å². The summed E-state index contributed by atoms with van der Waals surface area (Å²) < 4.78 is 18.2. The number of benzene rings is 1. The van der Waals surface area contributed by atoms with Crippen molar-refractivity contribution in [2.24, 2.45) is 0 Å². The molecule has 2 aromatic rings. The molecular weight excluding hydrogens is 293 g/mol. The first-order valence-corrected chi connectivity index (χ1v) is 7.34. The monoisotopic (exact) mass is 307 g/mol. The van der Waals surface area contributed by atoms with Crippen LogP contribution in [-0.2, 0) is 0 Å². The van der Waals surface area contributed by atoms with E-state index >= 15 is 0 Å². The number of thioether (sulfide) groups is 1. The Bertz CT molecular complexity index is 604. The van der Waals surface area contributed by atoms with Gasteiger partial charge in [0.1, 0.15) is 11.6 Å². The minimum atomic E-state index is -0.959. The van der Waals surface area contributed by atoms with E-state index < -0.39 is 5.97 Å². The Balaban J connectivity index is 1.71. The summed E-state index contributed by atoms with van der Waals surface area (Å²) in [6.45, 7) is 0.511. The van der Waals surface area contributed by atoms with Gasteiger partial charge in [-0.15, -0.1) is 11.8 Å². The number of halogens is 1. The van der Waals surface area contributed by atoms with Crippen molar-refractivity contribution >= 4 is 17.7 Å². The molecular formula is C15H14FNO3S. The van der Waals surface area contributed by atoms with Crippen LogP contribution in [0, 0.1) is 5.82 Å². The van der Waals surface area contributed by atoms with Crippen LogP contribution >= 0.6 is 11.8 Å². The molecule has 2 rings (SSSR count). The lowest BCUT2D eigenvalue weighted by molar-refractivity contribution is 0.0696. The quantitative estimate of drug-likeness (QED) is 0.627. The molecule has 1 N–H and O–H groups in total. The molecule has 0 aliphatic carbocycles. The Labute approximate surface area is 126 Å². The Morgan fingerprint density at radius 1 is 1.29 bits per heavy atom. The fraction of sp³-hybridized carbons (Fsp3) is 0.200. The number of aromatic nitrogens is 1. The van der Waals surface area contributed by atoms with Gasteiger partial charge >= 0.3 is 5.97 Å². The summed E-state index contributed by atoms with van der Waals surface area (Å²) >= 11 is 1.48. The van der Waals surface area contributed by atoms with Gasteiger partial charge in [0.05, 0.1) is 17.2 Å². The fourth-order valence-electron chi connectivity index (χ4n) is 1.58. The first-order valence-electron chi connectivity index (χ1n) is 6.35. The van der Waals surface area contributed by atoms with Crippen LogP contribution in [-0.4, -0.2) is 28.4 Å².